The maximum atomic E-state index is 11.1. The average molecular weight is 388 g/mol. The van der Waals surface area contributed by atoms with E-state index in [1.54, 1.807) is 0 Å². The minimum absolute atomic E-state index is 0.277. The molecule has 2 rings (SSSR count). The summed E-state index contributed by atoms with van der Waals surface area (Å²) in [5.74, 6) is 0.704. The maximum Gasteiger partial charge on any atom is 0.208 e. The second kappa shape index (κ2) is 9.26. The van der Waals surface area contributed by atoms with Gasteiger partial charge in [-0.3, -0.25) is 4.99 Å². The number of guanidine groups is 1. The number of benzene rings is 1. The Labute approximate surface area is 154 Å². The fourth-order valence-corrected chi connectivity index (χ4v) is 3.34. The molecule has 1 saturated heterocycles. The van der Waals surface area contributed by atoms with Crippen LogP contribution in [0.1, 0.15) is 13.3 Å². The van der Waals surface area contributed by atoms with E-state index in [1.165, 1.54) is 0 Å². The number of nitrogens with zero attached hydrogens (tertiary/aromatic N) is 2. The summed E-state index contributed by atoms with van der Waals surface area (Å²) in [6.45, 7) is 5.23. The van der Waals surface area contributed by atoms with E-state index in [4.69, 9.17) is 11.6 Å². The van der Waals surface area contributed by atoms with E-state index in [-0.39, 0.29) is 12.6 Å². The Morgan fingerprint density at radius 3 is 2.92 bits per heavy atom. The van der Waals surface area contributed by atoms with Crippen molar-refractivity contribution in [3.63, 3.8) is 0 Å². The van der Waals surface area contributed by atoms with Gasteiger partial charge in [-0.1, -0.05) is 17.7 Å². The largest absolute Gasteiger partial charge is 0.369 e. The topological polar surface area (TPSA) is 85.8 Å². The number of halogens is 1. The van der Waals surface area contributed by atoms with E-state index >= 15 is 0 Å². The Bertz CT molecular complexity index is 696. The van der Waals surface area contributed by atoms with Gasteiger partial charge in [-0.25, -0.2) is 13.1 Å². The molecule has 3 N–H and O–H groups in total. The molecule has 140 valence electrons. The molecule has 0 radical (unpaired) electrons. The van der Waals surface area contributed by atoms with Crippen LogP contribution >= 0.6 is 11.6 Å². The highest BCUT2D eigenvalue weighted by Crippen LogP contribution is 2.23. The van der Waals surface area contributed by atoms with Gasteiger partial charge in [0.05, 0.1) is 12.8 Å². The zero-order valence-corrected chi connectivity index (χ0v) is 16.2. The van der Waals surface area contributed by atoms with Crippen LogP contribution in [-0.4, -0.2) is 59.4 Å². The lowest BCUT2D eigenvalue weighted by Gasteiger charge is -2.20. The molecular weight excluding hydrogens is 362 g/mol. The van der Waals surface area contributed by atoms with Crippen molar-refractivity contribution >= 4 is 33.3 Å². The van der Waals surface area contributed by atoms with Crippen molar-refractivity contribution in [2.75, 3.05) is 43.9 Å². The van der Waals surface area contributed by atoms with Crippen molar-refractivity contribution < 1.29 is 8.42 Å². The monoisotopic (exact) mass is 387 g/mol. The fourth-order valence-electron chi connectivity index (χ4n) is 2.70. The Morgan fingerprint density at radius 1 is 1.44 bits per heavy atom. The number of anilines is 1. The molecule has 1 aliphatic rings. The second-order valence-corrected chi connectivity index (χ2v) is 8.25. The highest BCUT2D eigenvalue weighted by atomic mass is 35.5. The molecule has 0 aliphatic carbocycles. The van der Waals surface area contributed by atoms with E-state index in [0.29, 0.717) is 12.5 Å². The van der Waals surface area contributed by atoms with Gasteiger partial charge in [0.2, 0.25) is 10.0 Å². The number of hydrogen-bond donors (Lipinski definition) is 3. The molecule has 0 saturated carbocycles. The normalized spacial score (nSPS) is 18.4. The van der Waals surface area contributed by atoms with Gasteiger partial charge < -0.3 is 15.5 Å². The Hall–Kier alpha value is -1.51. The van der Waals surface area contributed by atoms with Gasteiger partial charge in [-0.2, -0.15) is 0 Å². The quantitative estimate of drug-likeness (QED) is 0.369. The lowest BCUT2D eigenvalue weighted by atomic mass is 10.3. The molecule has 7 nitrogen and oxygen atoms in total. The number of aliphatic imine (C=N–C) groups is 1. The minimum atomic E-state index is -3.18. The van der Waals surface area contributed by atoms with E-state index in [9.17, 15) is 8.42 Å². The first-order valence-corrected chi connectivity index (χ1v) is 10.6. The van der Waals surface area contributed by atoms with E-state index < -0.39 is 10.0 Å². The number of nitrogens with one attached hydrogen (secondary N) is 3. The molecule has 0 aromatic heterocycles. The first-order valence-electron chi connectivity index (χ1n) is 8.37. The summed E-state index contributed by atoms with van der Waals surface area (Å²) in [6, 6.07) is 8.14. The summed E-state index contributed by atoms with van der Waals surface area (Å²) in [5.41, 5.74) is 1.12. The first-order chi connectivity index (χ1) is 11.9. The predicted molar refractivity (Wildman–Crippen MR) is 104 cm³/mol. The molecule has 9 heteroatoms. The van der Waals surface area contributed by atoms with Gasteiger partial charge in [0.15, 0.2) is 5.96 Å². The van der Waals surface area contributed by atoms with Gasteiger partial charge in [0.1, 0.15) is 0 Å². The van der Waals surface area contributed by atoms with Gasteiger partial charge in [-0.15, -0.1) is 0 Å². The van der Waals surface area contributed by atoms with Gasteiger partial charge in [0, 0.05) is 42.9 Å². The molecule has 0 bridgehead atoms. The minimum Gasteiger partial charge on any atom is -0.369 e. The molecule has 25 heavy (non-hydrogen) atoms. The predicted octanol–water partition coefficient (Wildman–Crippen LogP) is 1.02. The first kappa shape index (κ1) is 19.8. The summed E-state index contributed by atoms with van der Waals surface area (Å²) < 4.78 is 24.6. The summed E-state index contributed by atoms with van der Waals surface area (Å²) in [6.07, 6.45) is 2.14. The number of hydrogen-bond acceptors (Lipinski definition) is 4. The van der Waals surface area contributed by atoms with Crippen molar-refractivity contribution in [2.24, 2.45) is 4.99 Å². The summed E-state index contributed by atoms with van der Waals surface area (Å²) >= 11 is 6.07. The van der Waals surface area contributed by atoms with Crippen LogP contribution in [0.25, 0.3) is 0 Å². The van der Waals surface area contributed by atoms with E-state index in [2.05, 4.69) is 31.3 Å². The fraction of sp³-hybridized carbons (Fsp3) is 0.562. The van der Waals surface area contributed by atoms with Crippen LogP contribution in [0, 0.1) is 0 Å². The van der Waals surface area contributed by atoms with E-state index in [0.717, 1.165) is 43.0 Å². The molecule has 1 heterocycles. The van der Waals surface area contributed by atoms with Crippen molar-refractivity contribution in [1.82, 2.24) is 15.4 Å². The number of sulfonamides is 1. The van der Waals surface area contributed by atoms with Crippen LogP contribution in [0.5, 0.6) is 0 Å². The van der Waals surface area contributed by atoms with Crippen LogP contribution in [0.15, 0.2) is 29.3 Å². The maximum absolute atomic E-state index is 11.1. The standard InChI is InChI=1S/C16H26ClN5O2S/c1-3-18-16(19-8-9-20-25(2,23)24)21-14-7-10-22(12-14)15-6-4-5-13(17)11-15/h4-6,11,14,20H,3,7-10,12H2,1-2H3,(H2,18,19,21). The van der Waals surface area contributed by atoms with Crippen molar-refractivity contribution in [2.45, 2.75) is 19.4 Å². The van der Waals surface area contributed by atoms with Gasteiger partial charge in [-0.05, 0) is 31.5 Å². The van der Waals surface area contributed by atoms with Gasteiger partial charge >= 0.3 is 0 Å². The summed E-state index contributed by atoms with van der Waals surface area (Å²) in [7, 11) is -3.18. The zero-order chi connectivity index (χ0) is 18.3. The van der Waals surface area contributed by atoms with E-state index in [1.807, 2.05) is 25.1 Å². The Morgan fingerprint density at radius 2 is 2.24 bits per heavy atom. The van der Waals surface area contributed by atoms with Crippen molar-refractivity contribution in [1.29, 1.82) is 0 Å². The number of rotatable bonds is 7. The van der Waals surface area contributed by atoms with Crippen LogP contribution in [0.3, 0.4) is 0 Å². The SMILES string of the molecule is CCNC(=NCCNS(C)(=O)=O)NC1CCN(c2cccc(Cl)c2)C1. The lowest BCUT2D eigenvalue weighted by molar-refractivity contribution is 0.588. The molecule has 1 aromatic carbocycles. The third-order valence-electron chi connectivity index (χ3n) is 3.79. The highest BCUT2D eigenvalue weighted by Gasteiger charge is 2.23. The lowest BCUT2D eigenvalue weighted by Crippen LogP contribution is -2.45. The van der Waals surface area contributed by atoms with Crippen LogP contribution in [0.2, 0.25) is 5.02 Å². The van der Waals surface area contributed by atoms with Crippen LogP contribution in [0.4, 0.5) is 5.69 Å². The molecule has 0 amide bonds. The third kappa shape index (κ3) is 7.09. The molecule has 1 unspecified atom stereocenters. The molecule has 1 atom stereocenters. The highest BCUT2D eigenvalue weighted by molar-refractivity contribution is 7.88. The van der Waals surface area contributed by atoms with Gasteiger partial charge in [0.25, 0.3) is 0 Å². The third-order valence-corrected chi connectivity index (χ3v) is 4.76. The van der Waals surface area contributed by atoms with Crippen LogP contribution < -0.4 is 20.3 Å². The van der Waals surface area contributed by atoms with Crippen molar-refractivity contribution in [3.05, 3.63) is 29.3 Å². The molecular formula is C16H26ClN5O2S. The van der Waals surface area contributed by atoms with Crippen LogP contribution in [-0.2, 0) is 10.0 Å². The smallest absolute Gasteiger partial charge is 0.208 e. The molecule has 0 spiro atoms. The molecule has 1 aromatic rings. The summed E-state index contributed by atoms with van der Waals surface area (Å²) in [5, 5.41) is 7.35. The zero-order valence-electron chi connectivity index (χ0n) is 14.6. The second-order valence-electron chi connectivity index (χ2n) is 5.98. The molecule has 1 fully saturated rings. The average Bonchev–Trinajstić information content (AvgIpc) is 2.99. The Balaban J connectivity index is 1.87. The summed E-state index contributed by atoms with van der Waals surface area (Å²) in [4.78, 5) is 6.71. The van der Waals surface area contributed by atoms with Crippen molar-refractivity contribution in [3.8, 4) is 0 Å². The molecule has 1 aliphatic heterocycles. The Kier molecular flexibility index (Phi) is 7.34.